The molecule has 3 fully saturated rings. The summed E-state index contributed by atoms with van der Waals surface area (Å²) in [4.78, 5) is 44.2. The SMILES string of the molecule is C=CCN(CCCCC)C(=O)C1N([C@@H](CO)Cc2ccccc2)C(=O)[C@@H]2[C@@H](C(=O)O)[C@]3(C)OC12CC3C. The lowest BCUT2D eigenvalue weighted by Gasteiger charge is -2.39. The van der Waals surface area contributed by atoms with Gasteiger partial charge in [0.05, 0.1) is 24.2 Å². The maximum atomic E-state index is 14.3. The fourth-order valence-electron chi connectivity index (χ4n) is 7.04. The highest BCUT2D eigenvalue weighted by Gasteiger charge is 2.80. The van der Waals surface area contributed by atoms with E-state index >= 15 is 0 Å². The van der Waals surface area contributed by atoms with Crippen molar-refractivity contribution in [2.75, 3.05) is 19.7 Å². The van der Waals surface area contributed by atoms with Gasteiger partial charge in [-0.2, -0.15) is 0 Å². The molecule has 0 saturated carbocycles. The summed E-state index contributed by atoms with van der Waals surface area (Å²) in [5, 5.41) is 20.7. The van der Waals surface area contributed by atoms with E-state index in [4.69, 9.17) is 4.74 Å². The van der Waals surface area contributed by atoms with E-state index in [1.165, 1.54) is 4.90 Å². The van der Waals surface area contributed by atoms with Crippen LogP contribution in [0.25, 0.3) is 0 Å². The Balaban J connectivity index is 1.80. The Bertz CT molecular complexity index is 1030. The van der Waals surface area contributed by atoms with E-state index in [1.807, 2.05) is 37.3 Å². The third kappa shape index (κ3) is 4.38. The maximum Gasteiger partial charge on any atom is 0.310 e. The van der Waals surface area contributed by atoms with Crippen LogP contribution in [-0.4, -0.2) is 80.8 Å². The highest BCUT2D eigenvalue weighted by molar-refractivity contribution is 5.98. The number of carboxylic acids is 1. The number of hydrogen-bond donors (Lipinski definition) is 2. The summed E-state index contributed by atoms with van der Waals surface area (Å²) < 4.78 is 6.59. The van der Waals surface area contributed by atoms with Crippen LogP contribution in [0.1, 0.15) is 52.0 Å². The van der Waals surface area contributed by atoms with Crippen molar-refractivity contribution in [3.05, 3.63) is 48.6 Å². The molecular formula is C29H40N2O6. The Labute approximate surface area is 219 Å². The number of unbranched alkanes of at least 4 members (excludes halogenated alkanes) is 2. The highest BCUT2D eigenvalue weighted by atomic mass is 16.5. The van der Waals surface area contributed by atoms with Crippen LogP contribution in [-0.2, 0) is 25.5 Å². The summed E-state index contributed by atoms with van der Waals surface area (Å²) in [5.41, 5.74) is -1.38. The molecule has 1 aromatic rings. The molecule has 2 amide bonds. The number of fused-ring (bicyclic) bond motifs is 1. The molecule has 8 heteroatoms. The van der Waals surface area contributed by atoms with Gasteiger partial charge in [-0.1, -0.05) is 63.1 Å². The summed E-state index contributed by atoms with van der Waals surface area (Å²) in [7, 11) is 0. The Morgan fingerprint density at radius 3 is 2.59 bits per heavy atom. The van der Waals surface area contributed by atoms with Crippen LogP contribution < -0.4 is 0 Å². The molecule has 3 saturated heterocycles. The molecule has 1 aromatic carbocycles. The molecule has 3 aliphatic heterocycles. The smallest absolute Gasteiger partial charge is 0.310 e. The van der Waals surface area contributed by atoms with Gasteiger partial charge in [-0.25, -0.2) is 0 Å². The van der Waals surface area contributed by atoms with Crippen LogP contribution in [0, 0.1) is 17.8 Å². The van der Waals surface area contributed by atoms with E-state index in [2.05, 4.69) is 13.5 Å². The number of aliphatic carboxylic acids is 1. The molecule has 0 aliphatic carbocycles. The van der Waals surface area contributed by atoms with Crippen LogP contribution in [0.15, 0.2) is 43.0 Å². The van der Waals surface area contributed by atoms with Crippen molar-refractivity contribution in [2.24, 2.45) is 17.8 Å². The van der Waals surface area contributed by atoms with Crippen molar-refractivity contribution in [1.29, 1.82) is 0 Å². The molecule has 3 heterocycles. The van der Waals surface area contributed by atoms with Gasteiger partial charge in [-0.05, 0) is 37.7 Å². The lowest BCUT2D eigenvalue weighted by molar-refractivity contribution is -0.160. The predicted octanol–water partition coefficient (Wildman–Crippen LogP) is 2.89. The number of ether oxygens (including phenoxy) is 1. The number of amides is 2. The van der Waals surface area contributed by atoms with Gasteiger partial charge >= 0.3 is 5.97 Å². The number of rotatable bonds is 12. The molecule has 7 atom stereocenters. The monoisotopic (exact) mass is 512 g/mol. The number of carboxylic acid groups (broad SMARTS) is 1. The summed E-state index contributed by atoms with van der Waals surface area (Å²) in [6, 6.07) is 7.80. The molecule has 3 unspecified atom stereocenters. The number of likely N-dealkylation sites (tertiary alicyclic amines) is 1. The number of aliphatic hydroxyl groups excluding tert-OH is 1. The van der Waals surface area contributed by atoms with Crippen molar-refractivity contribution in [3.63, 3.8) is 0 Å². The molecular weight excluding hydrogens is 472 g/mol. The molecule has 2 bridgehead atoms. The van der Waals surface area contributed by atoms with Crippen molar-refractivity contribution >= 4 is 17.8 Å². The van der Waals surface area contributed by atoms with Crippen LogP contribution in [0.3, 0.4) is 0 Å². The zero-order valence-corrected chi connectivity index (χ0v) is 22.1. The normalized spacial score (nSPS) is 32.9. The van der Waals surface area contributed by atoms with Gasteiger partial charge in [0.2, 0.25) is 11.8 Å². The van der Waals surface area contributed by atoms with Crippen LogP contribution >= 0.6 is 0 Å². The molecule has 0 aromatic heterocycles. The van der Waals surface area contributed by atoms with Crippen molar-refractivity contribution in [3.8, 4) is 0 Å². The minimum atomic E-state index is -1.25. The average molecular weight is 513 g/mol. The minimum Gasteiger partial charge on any atom is -0.481 e. The fourth-order valence-corrected chi connectivity index (χ4v) is 7.04. The summed E-state index contributed by atoms with van der Waals surface area (Å²) in [6.07, 6.45) is 5.20. The molecule has 4 rings (SSSR count). The third-order valence-corrected chi connectivity index (χ3v) is 8.86. The predicted molar refractivity (Wildman–Crippen MR) is 139 cm³/mol. The van der Waals surface area contributed by atoms with Gasteiger partial charge in [0.15, 0.2) is 0 Å². The number of aliphatic hydroxyl groups is 1. The summed E-state index contributed by atoms with van der Waals surface area (Å²) >= 11 is 0. The van der Waals surface area contributed by atoms with Gasteiger partial charge in [-0.3, -0.25) is 14.4 Å². The molecule has 37 heavy (non-hydrogen) atoms. The maximum absolute atomic E-state index is 14.3. The number of carbonyl (C=O) groups is 3. The zero-order chi connectivity index (χ0) is 27.0. The first-order chi connectivity index (χ1) is 17.7. The lowest BCUT2D eigenvalue weighted by atomic mass is 9.62. The minimum absolute atomic E-state index is 0.150. The van der Waals surface area contributed by atoms with E-state index in [0.717, 1.165) is 24.8 Å². The average Bonchev–Trinajstić information content (AvgIpc) is 3.39. The molecule has 8 nitrogen and oxygen atoms in total. The number of nitrogens with zero attached hydrogens (tertiary/aromatic N) is 2. The zero-order valence-electron chi connectivity index (χ0n) is 22.1. The largest absolute Gasteiger partial charge is 0.481 e. The third-order valence-electron chi connectivity index (χ3n) is 8.86. The standard InChI is InChI=1S/C29H40N2O6/c1-5-7-11-15-30(14-6-2)26(34)24-29-17-19(3)28(4,37-29)23(27(35)36)22(29)25(33)31(24)21(18-32)16-20-12-9-8-10-13-20/h6,8-10,12-13,19,21-24,32H,2,5,7,11,14-18H2,1,3-4H3,(H,35,36)/t19?,21-,22+,23+,24?,28-,29?/m1/s1. The van der Waals surface area contributed by atoms with E-state index in [0.29, 0.717) is 25.9 Å². The van der Waals surface area contributed by atoms with Crippen molar-refractivity contribution in [1.82, 2.24) is 9.80 Å². The fraction of sp³-hybridized carbons (Fsp3) is 0.621. The van der Waals surface area contributed by atoms with Crippen LogP contribution in [0.5, 0.6) is 0 Å². The van der Waals surface area contributed by atoms with Gasteiger partial charge in [0, 0.05) is 13.1 Å². The molecule has 0 radical (unpaired) electrons. The first-order valence-electron chi connectivity index (χ1n) is 13.5. The van der Waals surface area contributed by atoms with Gasteiger partial charge in [-0.15, -0.1) is 6.58 Å². The van der Waals surface area contributed by atoms with Crippen molar-refractivity contribution in [2.45, 2.75) is 76.2 Å². The van der Waals surface area contributed by atoms with E-state index in [-0.39, 0.29) is 18.4 Å². The molecule has 1 spiro atoms. The first-order valence-corrected chi connectivity index (χ1v) is 13.5. The second-order valence-electron chi connectivity index (χ2n) is 11.1. The lowest BCUT2D eigenvalue weighted by Crippen LogP contribution is -2.59. The molecule has 2 N–H and O–H groups in total. The Hall–Kier alpha value is -2.71. The van der Waals surface area contributed by atoms with E-state index in [9.17, 15) is 24.6 Å². The van der Waals surface area contributed by atoms with Crippen LogP contribution in [0.2, 0.25) is 0 Å². The first kappa shape index (κ1) is 27.3. The topological polar surface area (TPSA) is 107 Å². The second kappa shape index (κ2) is 10.6. The van der Waals surface area contributed by atoms with Gasteiger partial charge in [0.25, 0.3) is 0 Å². The van der Waals surface area contributed by atoms with Gasteiger partial charge in [0.1, 0.15) is 17.6 Å². The van der Waals surface area contributed by atoms with Crippen molar-refractivity contribution < 1.29 is 29.3 Å². The summed E-state index contributed by atoms with van der Waals surface area (Å²) in [6.45, 7) is 10.1. The number of carbonyl (C=O) groups excluding carboxylic acids is 2. The van der Waals surface area contributed by atoms with Gasteiger partial charge < -0.3 is 24.7 Å². The quantitative estimate of drug-likeness (QED) is 0.329. The van der Waals surface area contributed by atoms with E-state index in [1.54, 1.807) is 17.9 Å². The Morgan fingerprint density at radius 2 is 2.00 bits per heavy atom. The van der Waals surface area contributed by atoms with E-state index < -0.39 is 47.0 Å². The Morgan fingerprint density at radius 1 is 1.30 bits per heavy atom. The second-order valence-corrected chi connectivity index (χ2v) is 11.1. The Kier molecular flexibility index (Phi) is 7.81. The number of hydrogen-bond acceptors (Lipinski definition) is 5. The molecule has 202 valence electrons. The highest BCUT2D eigenvalue weighted by Crippen LogP contribution is 2.65. The number of benzene rings is 1. The summed E-state index contributed by atoms with van der Waals surface area (Å²) in [5.74, 6) is -3.96. The molecule has 3 aliphatic rings. The van der Waals surface area contributed by atoms with Crippen LogP contribution in [0.4, 0.5) is 0 Å².